The summed E-state index contributed by atoms with van der Waals surface area (Å²) in [4.78, 5) is 0.261. The van der Waals surface area contributed by atoms with Gasteiger partial charge in [0.05, 0.1) is 4.90 Å². The molecule has 0 spiro atoms. The lowest BCUT2D eigenvalue weighted by molar-refractivity contribution is 0.586. The maximum absolute atomic E-state index is 12.2. The molecule has 0 aliphatic carbocycles. The molecule has 0 saturated carbocycles. The monoisotopic (exact) mass is 365 g/mol. The summed E-state index contributed by atoms with van der Waals surface area (Å²) in [5, 5.41) is 0. The zero-order valence-electron chi connectivity index (χ0n) is 11.6. The van der Waals surface area contributed by atoms with Crippen molar-refractivity contribution in [3.05, 3.63) is 70.7 Å². The van der Waals surface area contributed by atoms with Gasteiger partial charge in [-0.25, -0.2) is 13.1 Å². The van der Waals surface area contributed by atoms with E-state index in [1.165, 1.54) is 0 Å². The van der Waals surface area contributed by atoms with E-state index in [9.17, 15) is 8.42 Å². The fraction of sp³-hybridized carbons (Fsp3) is 0.125. The van der Waals surface area contributed by atoms with Gasteiger partial charge in [-0.2, -0.15) is 0 Å². The number of benzene rings is 2. The number of halogens is 1. The molecule has 0 aliphatic heterocycles. The Labute approximate surface area is 133 Å². The number of sulfonamides is 1. The smallest absolute Gasteiger partial charge is 0.207 e. The Morgan fingerprint density at radius 3 is 2.24 bits per heavy atom. The van der Waals surface area contributed by atoms with Gasteiger partial charge >= 0.3 is 0 Å². The fourth-order valence-corrected chi connectivity index (χ4v) is 3.06. The zero-order valence-corrected chi connectivity index (χ0v) is 14.0. The van der Waals surface area contributed by atoms with Gasteiger partial charge in [-0.15, -0.1) is 0 Å². The van der Waals surface area contributed by atoms with Crippen molar-refractivity contribution >= 4 is 31.5 Å². The fourth-order valence-electron chi connectivity index (χ4n) is 1.77. The molecule has 0 aliphatic rings. The Bertz CT molecular complexity index is 735. The Morgan fingerprint density at radius 2 is 1.67 bits per heavy atom. The summed E-state index contributed by atoms with van der Waals surface area (Å²) in [5.41, 5.74) is 2.65. The Kier molecular flexibility index (Phi) is 4.98. The Hall–Kier alpha value is -1.43. The zero-order chi connectivity index (χ0) is 15.5. The molecular formula is C16H16BrNO2S. The second-order valence-corrected chi connectivity index (χ2v) is 7.43. The first-order chi connectivity index (χ1) is 9.88. The van der Waals surface area contributed by atoms with Crippen LogP contribution in [0.3, 0.4) is 0 Å². The van der Waals surface area contributed by atoms with Crippen LogP contribution in [0.5, 0.6) is 0 Å². The van der Waals surface area contributed by atoms with Crippen LogP contribution >= 0.6 is 15.9 Å². The van der Waals surface area contributed by atoms with Crippen molar-refractivity contribution in [2.75, 3.05) is 6.54 Å². The van der Waals surface area contributed by atoms with Gasteiger partial charge in [0, 0.05) is 11.0 Å². The summed E-state index contributed by atoms with van der Waals surface area (Å²) in [5.74, 6) is 0. The lowest BCUT2D eigenvalue weighted by atomic mass is 10.1. The van der Waals surface area contributed by atoms with Crippen LogP contribution in [-0.2, 0) is 10.0 Å². The molecule has 0 fully saturated rings. The molecule has 110 valence electrons. The maximum Gasteiger partial charge on any atom is 0.240 e. The van der Waals surface area contributed by atoms with E-state index in [0.29, 0.717) is 0 Å². The minimum atomic E-state index is -3.51. The molecule has 2 rings (SSSR count). The van der Waals surface area contributed by atoms with E-state index in [1.54, 1.807) is 24.3 Å². The van der Waals surface area contributed by atoms with E-state index < -0.39 is 10.0 Å². The van der Waals surface area contributed by atoms with E-state index >= 15 is 0 Å². The molecule has 3 nitrogen and oxygen atoms in total. The van der Waals surface area contributed by atoms with Crippen LogP contribution in [0.15, 0.2) is 64.5 Å². The van der Waals surface area contributed by atoms with Crippen molar-refractivity contribution in [3.63, 3.8) is 0 Å². The van der Waals surface area contributed by atoms with Gasteiger partial charge in [0.25, 0.3) is 0 Å². The van der Waals surface area contributed by atoms with Gasteiger partial charge in [0.1, 0.15) is 0 Å². The Morgan fingerprint density at radius 1 is 1.10 bits per heavy atom. The normalized spacial score (nSPS) is 11.3. The van der Waals surface area contributed by atoms with Crippen LogP contribution in [-0.4, -0.2) is 15.0 Å². The molecule has 0 radical (unpaired) electrons. The lowest BCUT2D eigenvalue weighted by Crippen LogP contribution is -2.25. The summed E-state index contributed by atoms with van der Waals surface area (Å²) >= 11 is 3.36. The van der Waals surface area contributed by atoms with Crippen molar-refractivity contribution in [1.29, 1.82) is 0 Å². The van der Waals surface area contributed by atoms with E-state index in [4.69, 9.17) is 0 Å². The molecule has 21 heavy (non-hydrogen) atoms. The molecule has 0 aromatic heterocycles. The highest BCUT2D eigenvalue weighted by atomic mass is 79.9. The average molecular weight is 366 g/mol. The molecule has 0 saturated heterocycles. The first-order valence-corrected chi connectivity index (χ1v) is 8.66. The summed E-state index contributed by atoms with van der Waals surface area (Å²) < 4.78 is 27.9. The summed E-state index contributed by atoms with van der Waals surface area (Å²) in [6.45, 7) is 6.02. The van der Waals surface area contributed by atoms with Crippen molar-refractivity contribution in [2.45, 2.75) is 11.8 Å². The average Bonchev–Trinajstić information content (AvgIpc) is 2.46. The molecule has 1 N–H and O–H groups in total. The largest absolute Gasteiger partial charge is 0.240 e. The van der Waals surface area contributed by atoms with Gasteiger partial charge in [-0.1, -0.05) is 52.3 Å². The summed E-state index contributed by atoms with van der Waals surface area (Å²) in [6, 6.07) is 14.3. The third kappa shape index (κ3) is 4.27. The SMILES string of the molecule is C=C(CNS(=O)(=O)c1ccc(C)cc1)c1ccc(Br)cc1. The molecular weight excluding hydrogens is 350 g/mol. The van der Waals surface area contributed by atoms with Gasteiger partial charge < -0.3 is 0 Å². The number of hydrogen-bond donors (Lipinski definition) is 1. The molecule has 2 aromatic carbocycles. The van der Waals surface area contributed by atoms with Crippen LogP contribution in [0, 0.1) is 6.92 Å². The van der Waals surface area contributed by atoms with Crippen molar-refractivity contribution < 1.29 is 8.42 Å². The standard InChI is InChI=1S/C16H16BrNO2S/c1-12-3-9-16(10-4-12)21(19,20)18-11-13(2)14-5-7-15(17)8-6-14/h3-10,18H,2,11H2,1H3. The number of hydrogen-bond acceptors (Lipinski definition) is 2. The molecule has 0 amide bonds. The summed E-state index contributed by atoms with van der Waals surface area (Å²) in [6.07, 6.45) is 0. The minimum Gasteiger partial charge on any atom is -0.207 e. The minimum absolute atomic E-state index is 0.178. The van der Waals surface area contributed by atoms with Crippen LogP contribution in [0.2, 0.25) is 0 Å². The Balaban J connectivity index is 2.06. The van der Waals surface area contributed by atoms with Gasteiger partial charge in [-0.05, 0) is 42.3 Å². The van der Waals surface area contributed by atoms with Crippen molar-refractivity contribution in [1.82, 2.24) is 4.72 Å². The number of aryl methyl sites for hydroxylation is 1. The second-order valence-electron chi connectivity index (χ2n) is 4.75. The highest BCUT2D eigenvalue weighted by Gasteiger charge is 2.13. The van der Waals surface area contributed by atoms with Crippen molar-refractivity contribution in [3.8, 4) is 0 Å². The molecule has 0 heterocycles. The summed E-state index contributed by atoms with van der Waals surface area (Å²) in [7, 11) is -3.51. The molecule has 0 bridgehead atoms. The van der Waals surface area contributed by atoms with E-state index in [2.05, 4.69) is 27.2 Å². The van der Waals surface area contributed by atoms with Gasteiger partial charge in [-0.3, -0.25) is 0 Å². The second kappa shape index (κ2) is 6.56. The van der Waals surface area contributed by atoms with Crippen LogP contribution < -0.4 is 4.72 Å². The first-order valence-electron chi connectivity index (χ1n) is 6.38. The molecule has 0 unspecified atom stereocenters. The predicted octanol–water partition coefficient (Wildman–Crippen LogP) is 3.75. The number of nitrogens with one attached hydrogen (secondary N) is 1. The third-order valence-corrected chi connectivity index (χ3v) is 5.01. The lowest BCUT2D eigenvalue weighted by Gasteiger charge is -2.09. The molecule has 5 heteroatoms. The highest BCUT2D eigenvalue weighted by molar-refractivity contribution is 9.10. The van der Waals surface area contributed by atoms with E-state index in [-0.39, 0.29) is 11.4 Å². The maximum atomic E-state index is 12.2. The predicted molar refractivity (Wildman–Crippen MR) is 89.5 cm³/mol. The topological polar surface area (TPSA) is 46.2 Å². The third-order valence-electron chi connectivity index (χ3n) is 3.06. The number of rotatable bonds is 5. The first kappa shape index (κ1) is 15.9. The van der Waals surface area contributed by atoms with Gasteiger partial charge in [0.2, 0.25) is 10.0 Å². The van der Waals surface area contributed by atoms with Crippen LogP contribution in [0.25, 0.3) is 5.57 Å². The van der Waals surface area contributed by atoms with Gasteiger partial charge in [0.15, 0.2) is 0 Å². The quantitative estimate of drug-likeness (QED) is 0.876. The van der Waals surface area contributed by atoms with Crippen molar-refractivity contribution in [2.24, 2.45) is 0 Å². The van der Waals surface area contributed by atoms with E-state index in [0.717, 1.165) is 21.2 Å². The molecule has 0 atom stereocenters. The van der Waals surface area contributed by atoms with E-state index in [1.807, 2.05) is 31.2 Å². The molecule has 2 aromatic rings. The van der Waals surface area contributed by atoms with Crippen LogP contribution in [0.1, 0.15) is 11.1 Å². The van der Waals surface area contributed by atoms with Crippen LogP contribution in [0.4, 0.5) is 0 Å². The highest BCUT2D eigenvalue weighted by Crippen LogP contribution is 2.17.